The van der Waals surface area contributed by atoms with E-state index in [9.17, 15) is 14.7 Å². The molecule has 3 heterocycles. The maximum Gasteiger partial charge on any atom is 0.334 e. The zero-order valence-electron chi connectivity index (χ0n) is 23.1. The fraction of sp³-hybridized carbons (Fsp3) is 0.720. The Balaban J connectivity index is 1.42. The van der Waals surface area contributed by atoms with Gasteiger partial charge in [-0.3, -0.25) is 23.9 Å². The number of amidine groups is 1. The van der Waals surface area contributed by atoms with E-state index >= 15 is 0 Å². The molecule has 13 heteroatoms. The van der Waals surface area contributed by atoms with E-state index < -0.39 is 31.0 Å². The van der Waals surface area contributed by atoms with E-state index in [0.717, 1.165) is 51.0 Å². The first-order valence-electron chi connectivity index (χ1n) is 13.6. The van der Waals surface area contributed by atoms with Gasteiger partial charge in [0.05, 0.1) is 0 Å². The number of aromatic nitrogens is 5. The summed E-state index contributed by atoms with van der Waals surface area (Å²) in [6.45, 7) is 12.1. The highest BCUT2D eigenvalue weighted by molar-refractivity contribution is 6.76. The summed E-state index contributed by atoms with van der Waals surface area (Å²) < 4.78 is 10.3. The Morgan fingerprint density at radius 2 is 1.95 bits per heavy atom. The molecule has 1 aliphatic heterocycles. The first-order valence-corrected chi connectivity index (χ1v) is 17.3. The quantitative estimate of drug-likeness (QED) is 0.168. The minimum atomic E-state index is -1.14. The number of ether oxygens (including phenoxy) is 1. The van der Waals surface area contributed by atoms with Crippen LogP contribution < -0.4 is 21.9 Å². The summed E-state index contributed by atoms with van der Waals surface area (Å²) in [7, 11) is -1.14. The number of hydrogen-bond acceptors (Lipinski definition) is 8. The van der Waals surface area contributed by atoms with Crippen LogP contribution in [0, 0.1) is 10.8 Å². The second kappa shape index (κ2) is 11.0. The van der Waals surface area contributed by atoms with Crippen LogP contribution in [0.3, 0.4) is 0 Å². The molecule has 4 N–H and O–H groups in total. The number of nitrogen functional groups attached to an aromatic ring is 1. The molecule has 210 valence electrons. The molecule has 12 nitrogen and oxygen atoms in total. The van der Waals surface area contributed by atoms with Crippen molar-refractivity contribution in [2.45, 2.75) is 90.5 Å². The number of rotatable bonds is 11. The van der Waals surface area contributed by atoms with Crippen LogP contribution in [0.2, 0.25) is 25.7 Å². The second-order valence-electron chi connectivity index (χ2n) is 12.1. The first kappa shape index (κ1) is 28.1. The summed E-state index contributed by atoms with van der Waals surface area (Å²) in [5, 5.41) is 26.8. The van der Waals surface area contributed by atoms with Crippen molar-refractivity contribution in [1.29, 1.82) is 5.41 Å². The van der Waals surface area contributed by atoms with E-state index in [4.69, 9.17) is 15.9 Å². The second-order valence-corrected chi connectivity index (χ2v) is 17.7. The third-order valence-electron chi connectivity index (χ3n) is 7.89. The molecule has 2 aliphatic rings. The molecule has 0 amide bonds. The van der Waals surface area contributed by atoms with Crippen LogP contribution in [0.1, 0.15) is 57.1 Å². The lowest BCUT2D eigenvalue weighted by Gasteiger charge is -2.53. The van der Waals surface area contributed by atoms with Crippen molar-refractivity contribution < 1.29 is 9.84 Å². The predicted octanol–water partition coefficient (Wildman–Crippen LogP) is 2.33. The van der Waals surface area contributed by atoms with Crippen LogP contribution >= 0.6 is 0 Å². The van der Waals surface area contributed by atoms with E-state index in [1.54, 1.807) is 6.33 Å². The van der Waals surface area contributed by atoms with Crippen LogP contribution in [-0.4, -0.2) is 62.6 Å². The van der Waals surface area contributed by atoms with Gasteiger partial charge in [0.25, 0.3) is 5.56 Å². The Labute approximate surface area is 223 Å². The summed E-state index contributed by atoms with van der Waals surface area (Å²) in [5.74, 6) is -0.222. The molecule has 0 aromatic carbocycles. The van der Waals surface area contributed by atoms with Gasteiger partial charge in [0.2, 0.25) is 11.8 Å². The molecular formula is C25H42N8O4Si. The molecule has 2 fully saturated rings. The predicted molar refractivity (Wildman–Crippen MR) is 149 cm³/mol. The number of nitrogens with zero attached hydrogens (tertiary/aromatic N) is 6. The number of anilines is 1. The van der Waals surface area contributed by atoms with Crippen molar-refractivity contribution in [3.8, 4) is 5.88 Å². The third-order valence-corrected chi connectivity index (χ3v) is 9.60. The van der Waals surface area contributed by atoms with Crippen molar-refractivity contribution in [3.63, 3.8) is 0 Å². The third kappa shape index (κ3) is 5.72. The maximum atomic E-state index is 13.3. The fourth-order valence-electron chi connectivity index (χ4n) is 5.55. The molecule has 1 aliphatic carbocycles. The molecule has 1 saturated heterocycles. The van der Waals surface area contributed by atoms with Crippen molar-refractivity contribution in [2.24, 2.45) is 11.1 Å². The van der Waals surface area contributed by atoms with Gasteiger partial charge in [0.1, 0.15) is 24.5 Å². The van der Waals surface area contributed by atoms with Gasteiger partial charge in [0.15, 0.2) is 0 Å². The molecule has 0 radical (unpaired) electrons. The van der Waals surface area contributed by atoms with Gasteiger partial charge >= 0.3 is 5.69 Å². The molecule has 4 rings (SSSR count). The maximum absolute atomic E-state index is 13.3. The lowest BCUT2D eigenvalue weighted by molar-refractivity contribution is 0.0812. The van der Waals surface area contributed by atoms with Gasteiger partial charge in [-0.1, -0.05) is 33.0 Å². The van der Waals surface area contributed by atoms with Crippen LogP contribution in [-0.2, 0) is 18.0 Å². The molecule has 2 aromatic rings. The lowest BCUT2D eigenvalue weighted by atomic mass is 9.67. The summed E-state index contributed by atoms with van der Waals surface area (Å²) in [4.78, 5) is 28.6. The summed E-state index contributed by atoms with van der Waals surface area (Å²) in [6.07, 6.45) is 6.27. The van der Waals surface area contributed by atoms with E-state index in [1.807, 2.05) is 11.5 Å². The molecule has 0 unspecified atom stereocenters. The van der Waals surface area contributed by atoms with Gasteiger partial charge in [-0.15, -0.1) is 10.2 Å². The number of nitrogens with one attached hydrogen (secondary N) is 1. The highest BCUT2D eigenvalue weighted by Crippen LogP contribution is 2.47. The molecule has 38 heavy (non-hydrogen) atoms. The number of unbranched alkanes of at least 4 members (excludes halogenated alkanes) is 1. The van der Waals surface area contributed by atoms with Crippen molar-refractivity contribution in [2.75, 3.05) is 24.6 Å². The molecule has 1 spiro atoms. The number of aromatic hydroxyl groups is 1. The van der Waals surface area contributed by atoms with Crippen LogP contribution in [0.5, 0.6) is 5.88 Å². The Bertz CT molecular complexity index is 1260. The topological polar surface area (TPSA) is 157 Å². The van der Waals surface area contributed by atoms with Crippen LogP contribution in [0.4, 0.5) is 5.95 Å². The molecule has 0 bridgehead atoms. The van der Waals surface area contributed by atoms with Gasteiger partial charge in [-0.2, -0.15) is 0 Å². The van der Waals surface area contributed by atoms with Gasteiger partial charge in [-0.25, -0.2) is 4.79 Å². The van der Waals surface area contributed by atoms with E-state index in [0.29, 0.717) is 26.0 Å². The molecule has 1 saturated carbocycles. The standard InChI is InChI=1S/C25H42N8O4Si/c1-5-6-11-32-21(34)19(20(26)27)22(35)33(24(32)36)18-7-9-25(10-8-18)14-30(15-25)23-29-28-16-31(23)17-37-12-13-38(2,3)4/h16,18,34H,5-15,17H2,1-4H3,(H3,26,27). The Hall–Kier alpha value is -2.93. The first-order chi connectivity index (χ1) is 18.0. The van der Waals surface area contributed by atoms with Gasteiger partial charge in [-0.05, 0) is 38.1 Å². The minimum Gasteiger partial charge on any atom is -0.494 e. The average Bonchev–Trinajstić information content (AvgIpc) is 3.28. The monoisotopic (exact) mass is 546 g/mol. The summed E-state index contributed by atoms with van der Waals surface area (Å²) in [5.41, 5.74) is 4.26. The SMILES string of the molecule is CCCCn1c(O)c(C(=N)N)c(=O)n(C2CCC3(CC2)CN(c2nncn2COCC[Si](C)(C)C)C3)c1=O. The molecule has 0 atom stereocenters. The Morgan fingerprint density at radius 3 is 2.55 bits per heavy atom. The summed E-state index contributed by atoms with van der Waals surface area (Å²) >= 11 is 0. The van der Waals surface area contributed by atoms with Crippen molar-refractivity contribution >= 4 is 19.9 Å². The molecular weight excluding hydrogens is 504 g/mol. The van der Waals surface area contributed by atoms with Gasteiger partial charge in [0, 0.05) is 45.8 Å². The average molecular weight is 547 g/mol. The van der Waals surface area contributed by atoms with E-state index in [-0.39, 0.29) is 23.6 Å². The highest BCUT2D eigenvalue weighted by Gasteiger charge is 2.47. The molecule has 2 aromatic heterocycles. The fourth-order valence-corrected chi connectivity index (χ4v) is 6.31. The Kier molecular flexibility index (Phi) is 8.16. The highest BCUT2D eigenvalue weighted by atomic mass is 28.3. The zero-order chi connectivity index (χ0) is 27.7. The lowest BCUT2D eigenvalue weighted by Crippen LogP contribution is -2.59. The largest absolute Gasteiger partial charge is 0.494 e. The van der Waals surface area contributed by atoms with Crippen molar-refractivity contribution in [1.82, 2.24) is 23.9 Å². The number of hydrogen-bond donors (Lipinski definition) is 3. The normalized spacial score (nSPS) is 17.6. The van der Waals surface area contributed by atoms with E-state index in [1.165, 1.54) is 9.13 Å². The van der Waals surface area contributed by atoms with Gasteiger partial charge < -0.3 is 20.5 Å². The van der Waals surface area contributed by atoms with Crippen LogP contribution in [0.25, 0.3) is 0 Å². The summed E-state index contributed by atoms with van der Waals surface area (Å²) in [6, 6.07) is 0.824. The number of nitrogens with two attached hydrogens (primary N) is 1. The zero-order valence-corrected chi connectivity index (χ0v) is 24.1. The van der Waals surface area contributed by atoms with Crippen molar-refractivity contribution in [3.05, 3.63) is 32.7 Å². The Morgan fingerprint density at radius 1 is 1.26 bits per heavy atom. The smallest absolute Gasteiger partial charge is 0.334 e. The van der Waals surface area contributed by atoms with Crippen LogP contribution in [0.15, 0.2) is 15.9 Å². The van der Waals surface area contributed by atoms with E-state index in [2.05, 4.69) is 34.7 Å². The minimum absolute atomic E-state index is 0.108.